The van der Waals surface area contributed by atoms with Crippen molar-refractivity contribution < 1.29 is 9.59 Å². The number of hydrogen-bond donors (Lipinski definition) is 2. The molecule has 2 heterocycles. The first kappa shape index (κ1) is 14.4. The van der Waals surface area contributed by atoms with Crippen molar-refractivity contribution in [1.82, 2.24) is 10.6 Å². The molecule has 0 aliphatic carbocycles. The summed E-state index contributed by atoms with van der Waals surface area (Å²) in [6.45, 7) is 5.24. The van der Waals surface area contributed by atoms with Gasteiger partial charge in [-0.2, -0.15) is 0 Å². The molecule has 2 aliphatic rings. The van der Waals surface area contributed by atoms with Crippen LogP contribution in [-0.4, -0.2) is 35.3 Å². The molecule has 2 rings (SSSR count). The summed E-state index contributed by atoms with van der Waals surface area (Å²) in [7, 11) is 0. The molecular weight excluding hydrogens is 262 g/mol. The average Bonchev–Trinajstić information content (AvgIpc) is 2.43. The summed E-state index contributed by atoms with van der Waals surface area (Å²) in [5.41, 5.74) is 0.306. The second-order valence-electron chi connectivity index (χ2n) is 5.27. The van der Waals surface area contributed by atoms with Gasteiger partial charge in [0.25, 0.3) is 0 Å². The van der Waals surface area contributed by atoms with Gasteiger partial charge in [-0.05, 0) is 24.7 Å². The molecule has 0 bridgehead atoms. The Morgan fingerprint density at radius 2 is 2.16 bits per heavy atom. The van der Waals surface area contributed by atoms with Crippen molar-refractivity contribution in [3.05, 3.63) is 0 Å². The van der Waals surface area contributed by atoms with Gasteiger partial charge in [-0.15, -0.1) is 0 Å². The first-order valence-electron chi connectivity index (χ1n) is 6.86. The van der Waals surface area contributed by atoms with E-state index in [1.54, 1.807) is 11.8 Å². The minimum atomic E-state index is -0.320. The lowest BCUT2D eigenvalue weighted by molar-refractivity contribution is -0.134. The quantitative estimate of drug-likeness (QED) is 0.766. The maximum Gasteiger partial charge on any atom is 0.249 e. The molecule has 0 radical (unpaired) electrons. The minimum Gasteiger partial charge on any atom is -0.353 e. The van der Waals surface area contributed by atoms with Crippen molar-refractivity contribution in [3.63, 3.8) is 0 Å². The third-order valence-corrected chi connectivity index (χ3v) is 5.39. The van der Waals surface area contributed by atoms with Gasteiger partial charge in [-0.3, -0.25) is 19.9 Å². The molecule has 6 heteroatoms. The molecule has 0 aromatic rings. The molecular formula is C13H21N3O2S. The predicted octanol–water partition coefficient (Wildman–Crippen LogP) is 1.29. The van der Waals surface area contributed by atoms with Crippen molar-refractivity contribution in [2.24, 2.45) is 10.4 Å². The second kappa shape index (κ2) is 5.94. The molecule has 0 aromatic heterocycles. The summed E-state index contributed by atoms with van der Waals surface area (Å²) < 4.78 is 0. The lowest BCUT2D eigenvalue weighted by atomic mass is 9.84. The van der Waals surface area contributed by atoms with Crippen LogP contribution in [0.2, 0.25) is 0 Å². The van der Waals surface area contributed by atoms with Gasteiger partial charge >= 0.3 is 0 Å². The molecule has 1 atom stereocenters. The lowest BCUT2D eigenvalue weighted by Gasteiger charge is -2.34. The van der Waals surface area contributed by atoms with Crippen LogP contribution in [0.25, 0.3) is 0 Å². The van der Waals surface area contributed by atoms with Crippen LogP contribution in [0.1, 0.15) is 39.5 Å². The predicted molar refractivity (Wildman–Crippen MR) is 77.1 cm³/mol. The molecule has 1 saturated heterocycles. The second-order valence-corrected chi connectivity index (χ2v) is 6.23. The smallest absolute Gasteiger partial charge is 0.249 e. The summed E-state index contributed by atoms with van der Waals surface area (Å²) in [4.78, 5) is 27.3. The molecule has 2 amide bonds. The largest absolute Gasteiger partial charge is 0.353 e. The zero-order valence-corrected chi connectivity index (χ0v) is 12.3. The average molecular weight is 283 g/mol. The number of carbonyl (C=O) groups is 2. The van der Waals surface area contributed by atoms with E-state index < -0.39 is 0 Å². The number of hydrogen-bond acceptors (Lipinski definition) is 5. The molecule has 19 heavy (non-hydrogen) atoms. The van der Waals surface area contributed by atoms with Crippen LogP contribution in [0.4, 0.5) is 0 Å². The number of nitrogens with zero attached hydrogens (tertiary/aromatic N) is 1. The van der Waals surface area contributed by atoms with Crippen LogP contribution in [0.15, 0.2) is 4.99 Å². The van der Waals surface area contributed by atoms with Gasteiger partial charge in [-0.1, -0.05) is 25.6 Å². The van der Waals surface area contributed by atoms with Gasteiger partial charge in [0.15, 0.2) is 5.17 Å². The summed E-state index contributed by atoms with van der Waals surface area (Å²) in [5, 5.41) is 6.36. The highest BCUT2D eigenvalue weighted by atomic mass is 32.2. The molecule has 2 N–H and O–H groups in total. The molecule has 0 spiro atoms. The Balaban J connectivity index is 1.93. The van der Waals surface area contributed by atoms with E-state index in [2.05, 4.69) is 29.5 Å². The van der Waals surface area contributed by atoms with Crippen molar-refractivity contribution in [3.8, 4) is 0 Å². The Morgan fingerprint density at radius 1 is 1.42 bits per heavy atom. The minimum absolute atomic E-state index is 0.183. The SMILES string of the molecule is CCC1(CC)CN=C(NC2CCC(=O)NC2=O)SC1. The van der Waals surface area contributed by atoms with Gasteiger partial charge in [0.1, 0.15) is 6.04 Å². The fourth-order valence-corrected chi connectivity index (χ4v) is 3.62. The highest BCUT2D eigenvalue weighted by Crippen LogP contribution is 2.34. The van der Waals surface area contributed by atoms with Crippen molar-refractivity contribution >= 4 is 28.7 Å². The number of amidine groups is 1. The zero-order valence-electron chi connectivity index (χ0n) is 11.5. The van der Waals surface area contributed by atoms with Gasteiger partial charge in [0.05, 0.1) is 0 Å². The molecule has 0 saturated carbocycles. The molecule has 1 fully saturated rings. The number of piperidine rings is 1. The van der Waals surface area contributed by atoms with E-state index in [0.717, 1.165) is 30.3 Å². The van der Waals surface area contributed by atoms with Crippen molar-refractivity contribution in [1.29, 1.82) is 0 Å². The van der Waals surface area contributed by atoms with Gasteiger partial charge in [-0.25, -0.2) is 0 Å². The fraction of sp³-hybridized carbons (Fsp3) is 0.769. The molecule has 2 aliphatic heterocycles. The van der Waals surface area contributed by atoms with E-state index in [9.17, 15) is 9.59 Å². The number of carbonyl (C=O) groups excluding carboxylic acids is 2. The number of amides is 2. The molecule has 106 valence electrons. The van der Waals surface area contributed by atoms with Gasteiger partial charge in [0.2, 0.25) is 11.8 Å². The maximum atomic E-state index is 11.7. The van der Waals surface area contributed by atoms with Crippen LogP contribution in [0.3, 0.4) is 0 Å². The van der Waals surface area contributed by atoms with Crippen LogP contribution >= 0.6 is 11.8 Å². The van der Waals surface area contributed by atoms with E-state index in [1.807, 2.05) is 0 Å². The Morgan fingerprint density at radius 3 is 2.68 bits per heavy atom. The highest BCUT2D eigenvalue weighted by Gasteiger charge is 2.32. The van der Waals surface area contributed by atoms with Crippen LogP contribution in [0, 0.1) is 5.41 Å². The van der Waals surface area contributed by atoms with E-state index >= 15 is 0 Å². The van der Waals surface area contributed by atoms with Crippen LogP contribution in [-0.2, 0) is 9.59 Å². The van der Waals surface area contributed by atoms with Crippen LogP contribution in [0.5, 0.6) is 0 Å². The number of thioether (sulfide) groups is 1. The Hall–Kier alpha value is -1.04. The van der Waals surface area contributed by atoms with E-state index in [-0.39, 0.29) is 17.9 Å². The first-order chi connectivity index (χ1) is 9.08. The third kappa shape index (κ3) is 3.29. The Kier molecular flexibility index (Phi) is 4.50. The molecule has 5 nitrogen and oxygen atoms in total. The van der Waals surface area contributed by atoms with E-state index in [0.29, 0.717) is 18.3 Å². The first-order valence-corrected chi connectivity index (χ1v) is 7.84. The molecule has 1 unspecified atom stereocenters. The molecule has 0 aromatic carbocycles. The third-order valence-electron chi connectivity index (χ3n) is 4.11. The zero-order chi connectivity index (χ0) is 13.9. The summed E-state index contributed by atoms with van der Waals surface area (Å²) in [6.07, 6.45) is 3.21. The Labute approximate surface area is 118 Å². The normalized spacial score (nSPS) is 26.6. The summed E-state index contributed by atoms with van der Waals surface area (Å²) in [6, 6.07) is -0.320. The lowest BCUT2D eigenvalue weighted by Crippen LogP contribution is -2.52. The fourth-order valence-electron chi connectivity index (χ4n) is 2.30. The van der Waals surface area contributed by atoms with E-state index in [4.69, 9.17) is 0 Å². The standard InChI is InChI=1S/C13H21N3O2S/c1-3-13(4-2)7-14-12(19-8-13)15-9-5-6-10(17)16-11(9)18/h9H,3-8H2,1-2H3,(H,14,15)(H,16,17,18). The summed E-state index contributed by atoms with van der Waals surface area (Å²) in [5.74, 6) is 0.624. The van der Waals surface area contributed by atoms with Gasteiger partial charge < -0.3 is 5.32 Å². The van der Waals surface area contributed by atoms with E-state index in [1.165, 1.54) is 0 Å². The van der Waals surface area contributed by atoms with Crippen molar-refractivity contribution in [2.45, 2.75) is 45.6 Å². The van der Waals surface area contributed by atoms with Crippen LogP contribution < -0.4 is 10.6 Å². The highest BCUT2D eigenvalue weighted by molar-refractivity contribution is 8.13. The maximum absolute atomic E-state index is 11.7. The van der Waals surface area contributed by atoms with Gasteiger partial charge in [0, 0.05) is 18.7 Å². The number of nitrogens with one attached hydrogen (secondary N) is 2. The number of rotatable bonds is 3. The Bertz CT molecular complexity index is 405. The summed E-state index contributed by atoms with van der Waals surface area (Å²) >= 11 is 1.69. The number of aliphatic imine (C=N–C) groups is 1. The number of imide groups is 1. The van der Waals surface area contributed by atoms with Crippen molar-refractivity contribution in [2.75, 3.05) is 12.3 Å². The topological polar surface area (TPSA) is 70.6 Å². The monoisotopic (exact) mass is 283 g/mol.